The number of primary amides is 1. The second-order valence-corrected chi connectivity index (χ2v) is 6.45. The van der Waals surface area contributed by atoms with Gasteiger partial charge in [-0.2, -0.15) is 0 Å². The normalized spacial score (nSPS) is 26.3. The maximum atomic E-state index is 12.5. The van der Waals surface area contributed by atoms with E-state index in [2.05, 4.69) is 10.2 Å². The molecule has 2 amide bonds. The van der Waals surface area contributed by atoms with Crippen LogP contribution in [0.4, 0.5) is 0 Å². The van der Waals surface area contributed by atoms with E-state index in [-0.39, 0.29) is 17.7 Å². The average Bonchev–Trinajstić information content (AvgIpc) is 2.99. The molecule has 1 unspecified atom stereocenters. The Hall–Kier alpha value is -2.34. The Morgan fingerprint density at radius 1 is 1.22 bits per heavy atom. The van der Waals surface area contributed by atoms with Crippen LogP contribution < -0.4 is 11.1 Å². The molecule has 3 saturated heterocycles. The lowest BCUT2D eigenvalue weighted by Crippen LogP contribution is -2.57. The van der Waals surface area contributed by atoms with Crippen molar-refractivity contribution < 1.29 is 14.0 Å². The van der Waals surface area contributed by atoms with Crippen molar-refractivity contribution in [1.82, 2.24) is 10.2 Å². The smallest absolute Gasteiger partial charge is 0.284 e. The molecule has 5 rings (SSSR count). The van der Waals surface area contributed by atoms with E-state index >= 15 is 0 Å². The summed E-state index contributed by atoms with van der Waals surface area (Å²) in [5.74, 6) is -0.0186. The molecule has 1 atom stereocenters. The molecule has 2 bridgehead atoms. The van der Waals surface area contributed by atoms with Crippen molar-refractivity contribution in [2.24, 2.45) is 11.7 Å². The molecule has 120 valence electrons. The summed E-state index contributed by atoms with van der Waals surface area (Å²) in [4.78, 5) is 26.1. The summed E-state index contributed by atoms with van der Waals surface area (Å²) >= 11 is 0. The number of nitrogens with two attached hydrogens (primary N) is 1. The van der Waals surface area contributed by atoms with Crippen LogP contribution in [0.15, 0.2) is 28.7 Å². The van der Waals surface area contributed by atoms with Crippen LogP contribution in [0.3, 0.4) is 0 Å². The van der Waals surface area contributed by atoms with Gasteiger partial charge in [0.2, 0.25) is 0 Å². The molecule has 0 aliphatic carbocycles. The molecular weight excluding hydrogens is 294 g/mol. The first kappa shape index (κ1) is 14.3. The Morgan fingerprint density at radius 2 is 2.00 bits per heavy atom. The Labute approximate surface area is 133 Å². The third kappa shape index (κ3) is 2.59. The molecule has 0 saturated carbocycles. The van der Waals surface area contributed by atoms with Crippen LogP contribution in [0.5, 0.6) is 0 Å². The minimum Gasteiger partial charge on any atom is -0.451 e. The zero-order chi connectivity index (χ0) is 16.0. The SMILES string of the molecule is NC(=O)c1cc2ccc(C(=O)NC3CN4CCC3CC4)cc2o1. The summed E-state index contributed by atoms with van der Waals surface area (Å²) in [6.45, 7) is 3.22. The van der Waals surface area contributed by atoms with E-state index in [0.717, 1.165) is 37.9 Å². The van der Waals surface area contributed by atoms with Crippen molar-refractivity contribution in [2.45, 2.75) is 18.9 Å². The van der Waals surface area contributed by atoms with Crippen molar-refractivity contribution in [2.75, 3.05) is 19.6 Å². The topological polar surface area (TPSA) is 88.6 Å². The van der Waals surface area contributed by atoms with Crippen LogP contribution in [0.25, 0.3) is 11.0 Å². The van der Waals surface area contributed by atoms with Gasteiger partial charge in [0.1, 0.15) is 5.58 Å². The van der Waals surface area contributed by atoms with Crippen LogP contribution >= 0.6 is 0 Å². The van der Waals surface area contributed by atoms with Gasteiger partial charge in [-0.3, -0.25) is 9.59 Å². The van der Waals surface area contributed by atoms with Crippen molar-refractivity contribution >= 4 is 22.8 Å². The Kier molecular flexibility index (Phi) is 3.34. The molecule has 0 spiro atoms. The van der Waals surface area contributed by atoms with Gasteiger partial charge in [0.25, 0.3) is 11.8 Å². The summed E-state index contributed by atoms with van der Waals surface area (Å²) in [5.41, 5.74) is 6.26. The van der Waals surface area contributed by atoms with Crippen LogP contribution in [-0.2, 0) is 0 Å². The van der Waals surface area contributed by atoms with Gasteiger partial charge in [-0.1, -0.05) is 6.07 Å². The fourth-order valence-electron chi connectivity index (χ4n) is 3.67. The number of nitrogens with one attached hydrogen (secondary N) is 1. The van der Waals surface area contributed by atoms with Gasteiger partial charge in [-0.25, -0.2) is 0 Å². The van der Waals surface area contributed by atoms with Crippen molar-refractivity contribution in [3.8, 4) is 0 Å². The Bertz CT molecular complexity index is 774. The predicted molar refractivity (Wildman–Crippen MR) is 85.2 cm³/mol. The number of amides is 2. The molecule has 3 aliphatic rings. The highest BCUT2D eigenvalue weighted by Gasteiger charge is 2.34. The zero-order valence-corrected chi connectivity index (χ0v) is 12.7. The average molecular weight is 313 g/mol. The Morgan fingerprint density at radius 3 is 2.65 bits per heavy atom. The fraction of sp³-hybridized carbons (Fsp3) is 0.412. The maximum Gasteiger partial charge on any atom is 0.284 e. The van der Waals surface area contributed by atoms with E-state index < -0.39 is 5.91 Å². The highest BCUT2D eigenvalue weighted by atomic mass is 16.3. The number of carbonyl (C=O) groups excluding carboxylic acids is 2. The van der Waals surface area contributed by atoms with Crippen LogP contribution in [-0.4, -0.2) is 42.4 Å². The van der Waals surface area contributed by atoms with Crippen LogP contribution in [0, 0.1) is 5.92 Å². The fourth-order valence-corrected chi connectivity index (χ4v) is 3.67. The summed E-state index contributed by atoms with van der Waals surface area (Å²) in [6, 6.07) is 7.00. The largest absolute Gasteiger partial charge is 0.451 e. The molecule has 1 aromatic carbocycles. The van der Waals surface area contributed by atoms with Crippen molar-refractivity contribution in [1.29, 1.82) is 0 Å². The number of hydrogen-bond donors (Lipinski definition) is 2. The number of furan rings is 1. The monoisotopic (exact) mass is 313 g/mol. The van der Waals surface area contributed by atoms with E-state index in [1.165, 1.54) is 0 Å². The van der Waals surface area contributed by atoms with Gasteiger partial charge in [-0.15, -0.1) is 0 Å². The molecule has 6 heteroatoms. The minimum atomic E-state index is -0.612. The second kappa shape index (κ2) is 5.38. The third-order valence-corrected chi connectivity index (χ3v) is 5.00. The summed E-state index contributed by atoms with van der Waals surface area (Å²) in [6.07, 6.45) is 2.31. The summed E-state index contributed by atoms with van der Waals surface area (Å²) in [5, 5.41) is 3.91. The molecule has 6 nitrogen and oxygen atoms in total. The molecule has 3 N–H and O–H groups in total. The summed E-state index contributed by atoms with van der Waals surface area (Å²) < 4.78 is 5.40. The van der Waals surface area contributed by atoms with E-state index in [1.807, 2.05) is 0 Å². The van der Waals surface area contributed by atoms with Gasteiger partial charge in [-0.05, 0) is 50.0 Å². The van der Waals surface area contributed by atoms with Crippen LogP contribution in [0.2, 0.25) is 0 Å². The van der Waals surface area contributed by atoms with E-state index in [4.69, 9.17) is 10.2 Å². The number of carbonyl (C=O) groups is 2. The van der Waals surface area contributed by atoms with E-state index in [9.17, 15) is 9.59 Å². The molecule has 23 heavy (non-hydrogen) atoms. The highest BCUT2D eigenvalue weighted by molar-refractivity contribution is 5.99. The number of fused-ring (bicyclic) bond motifs is 4. The number of piperidine rings is 3. The lowest BCUT2D eigenvalue weighted by molar-refractivity contribution is 0.0620. The standard InChI is InChI=1S/C17H19N3O3/c18-16(21)15-7-11-1-2-12(8-14(11)23-15)17(22)19-13-9-20-5-3-10(13)4-6-20/h1-2,7-8,10,13H,3-6,9H2,(H2,18,21)(H,19,22). The number of nitrogens with zero attached hydrogens (tertiary/aromatic N) is 1. The Balaban J connectivity index is 1.54. The molecule has 4 heterocycles. The first-order valence-electron chi connectivity index (χ1n) is 7.97. The van der Waals surface area contributed by atoms with Gasteiger partial charge in [0, 0.05) is 23.5 Å². The van der Waals surface area contributed by atoms with Crippen molar-refractivity contribution in [3.05, 3.63) is 35.6 Å². The van der Waals surface area contributed by atoms with Gasteiger partial charge in [0.05, 0.1) is 0 Å². The van der Waals surface area contributed by atoms with Gasteiger partial charge < -0.3 is 20.4 Å². The van der Waals surface area contributed by atoms with Crippen molar-refractivity contribution in [3.63, 3.8) is 0 Å². The molecular formula is C17H19N3O3. The maximum absolute atomic E-state index is 12.5. The zero-order valence-electron chi connectivity index (χ0n) is 12.7. The number of benzene rings is 1. The quantitative estimate of drug-likeness (QED) is 0.895. The predicted octanol–water partition coefficient (Wildman–Crippen LogP) is 1.36. The summed E-state index contributed by atoms with van der Waals surface area (Å²) in [7, 11) is 0. The minimum absolute atomic E-state index is 0.0947. The second-order valence-electron chi connectivity index (χ2n) is 6.45. The molecule has 1 aromatic heterocycles. The lowest BCUT2D eigenvalue weighted by Gasteiger charge is -2.44. The molecule has 0 radical (unpaired) electrons. The molecule has 3 aliphatic heterocycles. The first-order valence-corrected chi connectivity index (χ1v) is 7.97. The lowest BCUT2D eigenvalue weighted by atomic mass is 9.84. The molecule has 3 fully saturated rings. The van der Waals surface area contributed by atoms with Gasteiger partial charge >= 0.3 is 0 Å². The highest BCUT2D eigenvalue weighted by Crippen LogP contribution is 2.28. The van der Waals surface area contributed by atoms with E-state index in [0.29, 0.717) is 17.1 Å². The number of hydrogen-bond acceptors (Lipinski definition) is 4. The van der Waals surface area contributed by atoms with Crippen LogP contribution in [0.1, 0.15) is 33.8 Å². The first-order chi connectivity index (χ1) is 11.1. The number of rotatable bonds is 3. The molecule has 2 aromatic rings. The van der Waals surface area contributed by atoms with Gasteiger partial charge in [0.15, 0.2) is 5.76 Å². The van der Waals surface area contributed by atoms with E-state index in [1.54, 1.807) is 24.3 Å². The third-order valence-electron chi connectivity index (χ3n) is 5.00.